The first-order chi connectivity index (χ1) is 19.5. The van der Waals surface area contributed by atoms with Crippen molar-refractivity contribution in [3.8, 4) is 0 Å². The molecule has 0 aliphatic rings. The van der Waals surface area contributed by atoms with E-state index in [1.54, 1.807) is 24.3 Å². The fraction of sp³-hybridized carbons (Fsp3) is 0.125. The Morgan fingerprint density at radius 1 is 0.500 bits per heavy atom. The van der Waals surface area contributed by atoms with E-state index in [0.29, 0.717) is 47.5 Å². The number of carbonyl (C=O) groups is 2. The molecular weight excluding hydrogens is 537 g/mol. The third-order valence-corrected chi connectivity index (χ3v) is 6.88. The number of carbonyl (C=O) groups excluding carboxylic acids is 2. The van der Waals surface area contributed by atoms with Crippen molar-refractivity contribution in [2.45, 2.75) is 13.1 Å². The van der Waals surface area contributed by atoms with E-state index in [4.69, 9.17) is 24.4 Å². The highest BCUT2D eigenvalue weighted by Crippen LogP contribution is 2.10. The first kappa shape index (κ1) is 28.6. The van der Waals surface area contributed by atoms with Crippen LogP contribution in [0.15, 0.2) is 121 Å². The van der Waals surface area contributed by atoms with Gasteiger partial charge < -0.3 is 9.80 Å². The molecule has 2 N–H and O–H groups in total. The molecule has 40 heavy (non-hydrogen) atoms. The van der Waals surface area contributed by atoms with E-state index < -0.39 is 0 Å². The average Bonchev–Trinajstić information content (AvgIpc) is 3.00. The van der Waals surface area contributed by atoms with Gasteiger partial charge in [-0.25, -0.2) is 0 Å². The predicted octanol–water partition coefficient (Wildman–Crippen LogP) is 5.42. The normalized spacial score (nSPS) is 10.3. The van der Waals surface area contributed by atoms with Gasteiger partial charge in [-0.1, -0.05) is 97.1 Å². The summed E-state index contributed by atoms with van der Waals surface area (Å²) in [5, 5.41) is 6.37. The van der Waals surface area contributed by atoms with Crippen molar-refractivity contribution in [1.82, 2.24) is 20.4 Å². The van der Waals surface area contributed by atoms with E-state index in [2.05, 4.69) is 10.6 Å². The summed E-state index contributed by atoms with van der Waals surface area (Å²) in [4.78, 5) is 29.6. The van der Waals surface area contributed by atoms with Gasteiger partial charge in [0, 0.05) is 37.3 Å². The molecule has 0 aliphatic carbocycles. The van der Waals surface area contributed by atoms with Gasteiger partial charge in [0.1, 0.15) is 0 Å². The summed E-state index contributed by atoms with van der Waals surface area (Å²) < 4.78 is 0. The van der Waals surface area contributed by atoms with Gasteiger partial charge in [-0.15, -0.1) is 0 Å². The molecule has 4 rings (SSSR count). The lowest BCUT2D eigenvalue weighted by atomic mass is 10.2. The van der Waals surface area contributed by atoms with Crippen LogP contribution in [0.2, 0.25) is 0 Å². The van der Waals surface area contributed by atoms with Crippen molar-refractivity contribution in [3.05, 3.63) is 144 Å². The summed E-state index contributed by atoms with van der Waals surface area (Å²) in [5.41, 5.74) is 3.15. The van der Waals surface area contributed by atoms with Crippen LogP contribution in [0.3, 0.4) is 0 Å². The van der Waals surface area contributed by atoms with Crippen molar-refractivity contribution in [2.24, 2.45) is 0 Å². The fourth-order valence-corrected chi connectivity index (χ4v) is 4.53. The second kappa shape index (κ2) is 14.7. The molecule has 0 heterocycles. The van der Waals surface area contributed by atoms with Crippen LogP contribution in [-0.4, -0.2) is 44.9 Å². The number of benzene rings is 4. The quantitative estimate of drug-likeness (QED) is 0.264. The molecule has 0 aliphatic heterocycles. The van der Waals surface area contributed by atoms with Gasteiger partial charge in [0.2, 0.25) is 0 Å². The van der Waals surface area contributed by atoms with E-state index in [1.165, 1.54) is 0 Å². The zero-order valence-corrected chi connectivity index (χ0v) is 23.5. The molecular formula is C32H30N4O2S2. The Kier molecular flexibility index (Phi) is 10.5. The van der Waals surface area contributed by atoms with Crippen molar-refractivity contribution >= 4 is 46.5 Å². The van der Waals surface area contributed by atoms with Crippen molar-refractivity contribution in [3.63, 3.8) is 0 Å². The Hall–Kier alpha value is -4.40. The molecule has 202 valence electrons. The minimum atomic E-state index is -0.268. The monoisotopic (exact) mass is 566 g/mol. The summed E-state index contributed by atoms with van der Waals surface area (Å²) in [6.45, 7) is 1.90. The molecule has 2 amide bonds. The molecule has 8 heteroatoms. The molecule has 0 atom stereocenters. The van der Waals surface area contributed by atoms with Crippen LogP contribution in [0.25, 0.3) is 0 Å². The van der Waals surface area contributed by atoms with Crippen LogP contribution >= 0.6 is 24.4 Å². The highest BCUT2D eigenvalue weighted by atomic mass is 32.1. The standard InChI is InChI=1S/C32H30N4O2S2/c37-29(27-17-9-3-10-18-27)33-31(39)35(23-25-13-5-1-6-14-25)21-22-36(24-26-15-7-2-8-16-26)32(40)34-30(38)28-19-11-4-12-20-28/h1-20H,21-24H2,(H,33,37,39)(H,34,38,40). The second-order valence-corrected chi connectivity index (χ2v) is 9.84. The summed E-state index contributed by atoms with van der Waals surface area (Å²) in [5.74, 6) is -0.536. The van der Waals surface area contributed by atoms with E-state index in [0.717, 1.165) is 11.1 Å². The SMILES string of the molecule is O=C(NC(=S)N(CCN(Cc1ccccc1)C(=S)NC(=O)c1ccccc1)Cc1ccccc1)c1ccccc1. The van der Waals surface area contributed by atoms with E-state index in [-0.39, 0.29) is 11.8 Å². The molecule has 0 bridgehead atoms. The highest BCUT2D eigenvalue weighted by Gasteiger charge is 2.19. The lowest BCUT2D eigenvalue weighted by Gasteiger charge is -2.31. The topological polar surface area (TPSA) is 64.7 Å². The van der Waals surface area contributed by atoms with Crippen LogP contribution in [0, 0.1) is 0 Å². The molecule has 0 aromatic heterocycles. The molecule has 0 spiro atoms. The number of nitrogens with one attached hydrogen (secondary N) is 2. The van der Waals surface area contributed by atoms with Crippen LogP contribution in [0.1, 0.15) is 31.8 Å². The average molecular weight is 567 g/mol. The first-order valence-corrected chi connectivity index (χ1v) is 13.7. The zero-order chi connectivity index (χ0) is 28.2. The molecule has 0 radical (unpaired) electrons. The van der Waals surface area contributed by atoms with E-state index >= 15 is 0 Å². The summed E-state index contributed by atoms with van der Waals surface area (Å²) in [7, 11) is 0. The third kappa shape index (κ3) is 8.56. The smallest absolute Gasteiger partial charge is 0.257 e. The number of hydrogen-bond donors (Lipinski definition) is 2. The Morgan fingerprint density at radius 3 is 1.12 bits per heavy atom. The van der Waals surface area contributed by atoms with Gasteiger partial charge in [0.05, 0.1) is 0 Å². The number of nitrogens with zero attached hydrogens (tertiary/aromatic N) is 2. The maximum Gasteiger partial charge on any atom is 0.257 e. The lowest BCUT2D eigenvalue weighted by Crippen LogP contribution is -2.48. The minimum absolute atomic E-state index is 0.268. The van der Waals surface area contributed by atoms with Crippen LogP contribution < -0.4 is 10.6 Å². The fourth-order valence-electron chi connectivity index (χ4n) is 4.03. The maximum atomic E-state index is 12.9. The zero-order valence-electron chi connectivity index (χ0n) is 21.9. The van der Waals surface area contributed by atoms with E-state index in [9.17, 15) is 9.59 Å². The van der Waals surface area contributed by atoms with Crippen LogP contribution in [0.4, 0.5) is 0 Å². The van der Waals surface area contributed by atoms with E-state index in [1.807, 2.05) is 107 Å². The van der Waals surface area contributed by atoms with Gasteiger partial charge in [0.25, 0.3) is 11.8 Å². The first-order valence-electron chi connectivity index (χ1n) is 12.9. The molecule has 6 nitrogen and oxygen atoms in total. The summed E-state index contributed by atoms with van der Waals surface area (Å²) in [6.07, 6.45) is 0. The van der Waals surface area contributed by atoms with Gasteiger partial charge in [0.15, 0.2) is 10.2 Å². The lowest BCUT2D eigenvalue weighted by molar-refractivity contribution is 0.0962. The van der Waals surface area contributed by atoms with Gasteiger partial charge in [-0.2, -0.15) is 0 Å². The Morgan fingerprint density at radius 2 is 0.800 bits per heavy atom. The molecule has 4 aromatic carbocycles. The highest BCUT2D eigenvalue weighted by molar-refractivity contribution is 7.80. The Labute approximate surface area is 245 Å². The summed E-state index contributed by atoms with van der Waals surface area (Å²) in [6, 6.07) is 37.8. The Bertz CT molecular complexity index is 1310. The van der Waals surface area contributed by atoms with Gasteiger partial charge in [-0.05, 0) is 59.8 Å². The molecule has 4 aromatic rings. The number of rotatable bonds is 9. The number of thiocarbonyl (C=S) groups is 2. The minimum Gasteiger partial charge on any atom is -0.343 e. The number of amides is 2. The third-order valence-electron chi connectivity index (χ3n) is 6.16. The van der Waals surface area contributed by atoms with Crippen molar-refractivity contribution < 1.29 is 9.59 Å². The van der Waals surface area contributed by atoms with Crippen molar-refractivity contribution in [2.75, 3.05) is 13.1 Å². The molecule has 0 unspecified atom stereocenters. The largest absolute Gasteiger partial charge is 0.343 e. The predicted molar refractivity (Wildman–Crippen MR) is 167 cm³/mol. The van der Waals surface area contributed by atoms with Gasteiger partial charge >= 0.3 is 0 Å². The van der Waals surface area contributed by atoms with Gasteiger partial charge in [-0.3, -0.25) is 20.2 Å². The van der Waals surface area contributed by atoms with Crippen LogP contribution in [0.5, 0.6) is 0 Å². The maximum absolute atomic E-state index is 12.9. The number of hydrogen-bond acceptors (Lipinski definition) is 4. The Balaban J connectivity index is 1.50. The second-order valence-electron chi connectivity index (χ2n) is 9.06. The van der Waals surface area contributed by atoms with Crippen molar-refractivity contribution in [1.29, 1.82) is 0 Å². The molecule has 0 saturated carbocycles. The molecule has 0 fully saturated rings. The molecule has 0 saturated heterocycles. The van der Waals surface area contributed by atoms with Crippen LogP contribution in [-0.2, 0) is 13.1 Å². The summed E-state index contributed by atoms with van der Waals surface area (Å²) >= 11 is 11.4.